The number of nitrogens with two attached hydrogens (primary N) is 8. The molecule has 0 spiro atoms. The molecule has 0 aliphatic carbocycles. The Morgan fingerprint density at radius 2 is 1.18 bits per heavy atom. The summed E-state index contributed by atoms with van der Waals surface area (Å²) in [7, 11) is 0. The van der Waals surface area contributed by atoms with Gasteiger partial charge in [-0.05, 0) is 142 Å². The fraction of sp³-hybridized carbons (Fsp3) is 0.731. The molecule has 0 aromatic heterocycles. The average Bonchev–Trinajstić information content (AvgIpc) is 4.17. The number of carboxylic acid groups (broad SMARTS) is 1. The molecule has 1 saturated heterocycles. The highest BCUT2D eigenvalue weighted by molar-refractivity contribution is 6.02. The number of hydrogen-bond donors (Lipinski definition) is 21. The molecule has 484 valence electrons. The number of rotatable bonds is 45. The van der Waals surface area contributed by atoms with E-state index in [0.717, 1.165) is 0 Å². The fourth-order valence-electron chi connectivity index (χ4n) is 8.67. The number of aliphatic carboxylic acids is 1. The zero-order chi connectivity index (χ0) is 63.9. The summed E-state index contributed by atoms with van der Waals surface area (Å²) >= 11 is 0. The molecule has 1 fully saturated rings. The number of carbonyl (C=O) groups excluding carboxylic acids is 10. The number of aliphatic hydroxyl groups excluding tert-OH is 1. The first kappa shape index (κ1) is 75.9. The topological polar surface area (TPSA) is 584 Å². The van der Waals surface area contributed by atoms with Gasteiger partial charge < -0.3 is 114 Å². The van der Waals surface area contributed by atoms with Crippen molar-refractivity contribution in [1.82, 2.24) is 58.1 Å². The minimum Gasteiger partial charge on any atom is -0.481 e. The highest BCUT2D eigenvalue weighted by Crippen LogP contribution is 2.21. The van der Waals surface area contributed by atoms with Gasteiger partial charge in [-0.25, -0.2) is 0 Å². The Morgan fingerprint density at radius 3 is 1.76 bits per heavy atom. The van der Waals surface area contributed by atoms with Crippen molar-refractivity contribution >= 4 is 71.0 Å². The first-order chi connectivity index (χ1) is 40.5. The number of amides is 10. The van der Waals surface area contributed by atoms with Crippen molar-refractivity contribution in [2.75, 3.05) is 65.4 Å². The third kappa shape index (κ3) is 30.5. The molecule has 0 saturated carbocycles. The fourth-order valence-corrected chi connectivity index (χ4v) is 8.67. The van der Waals surface area contributed by atoms with E-state index in [-0.39, 0.29) is 89.2 Å². The Kier molecular flexibility index (Phi) is 38.8. The molecule has 1 heterocycles. The van der Waals surface area contributed by atoms with Crippen molar-refractivity contribution < 1.29 is 63.0 Å². The van der Waals surface area contributed by atoms with Crippen molar-refractivity contribution in [1.29, 1.82) is 5.41 Å². The number of carbonyl (C=O) groups is 11. The van der Waals surface area contributed by atoms with Crippen molar-refractivity contribution in [3.05, 3.63) is 11.8 Å². The van der Waals surface area contributed by atoms with Crippen LogP contribution in [0.1, 0.15) is 122 Å². The van der Waals surface area contributed by atoms with Gasteiger partial charge in [-0.2, -0.15) is 0 Å². The average molecular weight is 1210 g/mol. The van der Waals surface area contributed by atoms with Gasteiger partial charge in [0.05, 0.1) is 18.7 Å². The van der Waals surface area contributed by atoms with Gasteiger partial charge in [0.2, 0.25) is 53.2 Å². The van der Waals surface area contributed by atoms with E-state index in [0.29, 0.717) is 77.5 Å². The van der Waals surface area contributed by atoms with Gasteiger partial charge in [-0.15, -0.1) is 0 Å². The number of nitrogens with zero attached hydrogens (tertiary/aromatic N) is 1. The van der Waals surface area contributed by atoms with Crippen LogP contribution in [0.3, 0.4) is 0 Å². The largest absolute Gasteiger partial charge is 0.481 e. The van der Waals surface area contributed by atoms with Crippen LogP contribution in [0.4, 0.5) is 0 Å². The second-order valence-electron chi connectivity index (χ2n) is 20.5. The Morgan fingerprint density at radius 1 is 0.600 bits per heavy atom. The molecule has 10 amide bonds. The molecule has 85 heavy (non-hydrogen) atoms. The van der Waals surface area contributed by atoms with E-state index in [4.69, 9.17) is 51.3 Å². The molecule has 0 radical (unpaired) electrons. The van der Waals surface area contributed by atoms with Crippen LogP contribution in [0.15, 0.2) is 11.8 Å². The third-order valence-corrected chi connectivity index (χ3v) is 13.5. The van der Waals surface area contributed by atoms with E-state index >= 15 is 0 Å². The predicted molar refractivity (Wildman–Crippen MR) is 314 cm³/mol. The van der Waals surface area contributed by atoms with Gasteiger partial charge in [-0.3, -0.25) is 58.1 Å². The smallest absolute Gasteiger partial charge is 0.303 e. The molecule has 3 unspecified atom stereocenters. The van der Waals surface area contributed by atoms with Gasteiger partial charge in [-0.1, -0.05) is 12.5 Å². The van der Waals surface area contributed by atoms with Crippen LogP contribution in [0, 0.1) is 5.41 Å². The normalized spacial score (nSPS) is 15.9. The maximum atomic E-state index is 14.2. The Bertz CT molecular complexity index is 2190. The lowest BCUT2D eigenvalue weighted by molar-refractivity contribution is -0.142. The maximum absolute atomic E-state index is 14.2. The van der Waals surface area contributed by atoms with Crippen LogP contribution in [-0.2, 0) is 52.7 Å². The third-order valence-electron chi connectivity index (χ3n) is 13.5. The lowest BCUT2D eigenvalue weighted by Crippen LogP contribution is -2.60. The molecule has 1 aliphatic heterocycles. The van der Waals surface area contributed by atoms with Crippen LogP contribution in [-0.4, -0.2) is 206 Å². The van der Waals surface area contributed by atoms with Gasteiger partial charge in [0.25, 0.3) is 5.91 Å². The number of aliphatic hydroxyl groups is 1. The monoisotopic (exact) mass is 1210 g/mol. The second kappa shape index (κ2) is 43.5. The quantitative estimate of drug-likeness (QED) is 0.0117. The summed E-state index contributed by atoms with van der Waals surface area (Å²) < 4.78 is 0. The number of hydrogen-bond acceptors (Lipinski definition) is 20. The molecule has 9 atom stereocenters. The molecule has 29 N–H and O–H groups in total. The van der Waals surface area contributed by atoms with Crippen molar-refractivity contribution in [2.45, 2.75) is 177 Å². The van der Waals surface area contributed by atoms with E-state index in [1.807, 2.05) is 0 Å². The molecule has 0 aromatic rings. The summed E-state index contributed by atoms with van der Waals surface area (Å²) in [5, 5.41) is 52.9. The second-order valence-corrected chi connectivity index (χ2v) is 20.5. The summed E-state index contributed by atoms with van der Waals surface area (Å²) in [6.45, 7) is 1.97. The highest BCUT2D eigenvalue weighted by Gasteiger charge is 2.40. The van der Waals surface area contributed by atoms with Crippen molar-refractivity contribution in [2.24, 2.45) is 45.9 Å². The van der Waals surface area contributed by atoms with Gasteiger partial charge in [0.1, 0.15) is 48.0 Å². The van der Waals surface area contributed by atoms with E-state index in [2.05, 4.69) is 53.2 Å². The van der Waals surface area contributed by atoms with Crippen LogP contribution in [0.25, 0.3) is 0 Å². The molecular weight excluding hydrogens is 1110 g/mol. The first-order valence-electron chi connectivity index (χ1n) is 29.1. The minimum absolute atomic E-state index is 0.00891. The summed E-state index contributed by atoms with van der Waals surface area (Å²) in [5.74, 6) is -9.91. The molecule has 0 bridgehead atoms. The number of carboxylic acids is 1. The standard InChI is InChI=1S/C52H98N20O13/c1-31(65-50(84)42(39(73)29-58)71-44(78)32(59)13-2-5-21-53)43(77)64-30-40(74)66-37(16-10-25-57)51(85)72-28-12-18-38(72)49(83)70-36(19-20-41(75)76)48(82)68-34(15-4-7-23-55)46(80)69-35(17-11-27-63-52(60)61)47(81)67-33(14-3-6-22-54)45(79)62-26-9-8-24-56/h17,31-34,36-39,42,73H,2-16,18-30,53-59H2,1H3,(H,62,79)(H,64,77)(H,65,84)(H,66,74)(H,67,81)(H,68,82)(H,69,80)(H,70,83)(H,71,78)(H,75,76)(H4,60,61,63)/b35-17-/t31?,32?,33-,34-,36-,37+,38-,39?,42-/m0/s1. The molecule has 33 nitrogen and oxygen atoms in total. The SMILES string of the molecule is CC(NC(=O)[C@@H](NC(=O)C(N)CCCCN)C(O)CN)C(=O)NCC(=O)N[C@H](CCCN)C(=O)N1CCC[C@H]1C(=O)N[C@@H](CCC(=O)O)C(=O)N[C@@H](CCCCN)C(=O)N/C(=C\CCNC(=N)N)C(=O)N[C@@H](CCCCN)C(=O)NCCCCN. The Balaban J connectivity index is 3.35. The molecule has 33 heteroatoms. The highest BCUT2D eigenvalue weighted by atomic mass is 16.4. The van der Waals surface area contributed by atoms with Crippen molar-refractivity contribution in [3.63, 3.8) is 0 Å². The van der Waals surface area contributed by atoms with E-state index in [1.165, 1.54) is 17.9 Å². The van der Waals surface area contributed by atoms with Gasteiger partial charge >= 0.3 is 5.97 Å². The zero-order valence-electron chi connectivity index (χ0n) is 49.0. The van der Waals surface area contributed by atoms with Crippen molar-refractivity contribution in [3.8, 4) is 0 Å². The first-order valence-corrected chi connectivity index (χ1v) is 29.1. The Labute approximate surface area is 496 Å². The predicted octanol–water partition coefficient (Wildman–Crippen LogP) is -7.61. The zero-order valence-corrected chi connectivity index (χ0v) is 49.0. The number of nitrogens with one attached hydrogen (secondary N) is 11. The molecule has 1 rings (SSSR count). The number of unbranched alkanes of at least 4 members (excludes halogenated alkanes) is 4. The van der Waals surface area contributed by atoms with Crippen LogP contribution < -0.4 is 99.0 Å². The maximum Gasteiger partial charge on any atom is 0.303 e. The van der Waals surface area contributed by atoms with Gasteiger partial charge in [0.15, 0.2) is 5.96 Å². The number of likely N-dealkylation sites (tertiary alicyclic amines) is 1. The van der Waals surface area contributed by atoms with Gasteiger partial charge in [0, 0.05) is 32.6 Å². The molecule has 0 aromatic carbocycles. The minimum atomic E-state index is -1.59. The summed E-state index contributed by atoms with van der Waals surface area (Å²) in [4.78, 5) is 149. The lowest BCUT2D eigenvalue weighted by Gasteiger charge is -2.30. The summed E-state index contributed by atoms with van der Waals surface area (Å²) in [5.41, 5.74) is 44.9. The summed E-state index contributed by atoms with van der Waals surface area (Å²) in [6.07, 6.45) is 3.83. The summed E-state index contributed by atoms with van der Waals surface area (Å²) in [6, 6.07) is -10.5. The van der Waals surface area contributed by atoms with Crippen LogP contribution in [0.5, 0.6) is 0 Å². The number of guanidine groups is 1. The van der Waals surface area contributed by atoms with E-state index < -0.39 is 145 Å². The van der Waals surface area contributed by atoms with E-state index in [9.17, 15) is 63.0 Å². The lowest BCUT2D eigenvalue weighted by atomic mass is 10.0. The van der Waals surface area contributed by atoms with E-state index in [1.54, 1.807) is 0 Å². The molecule has 1 aliphatic rings. The Hall–Kier alpha value is -7.14. The molecular formula is C52H98N20O13. The van der Waals surface area contributed by atoms with Crippen LogP contribution in [0.2, 0.25) is 0 Å². The van der Waals surface area contributed by atoms with Crippen LogP contribution >= 0.6 is 0 Å².